The van der Waals surface area contributed by atoms with Crippen LogP contribution in [0, 0.1) is 0 Å². The first-order chi connectivity index (χ1) is 13.7. The molecule has 2 aromatic rings. The van der Waals surface area contributed by atoms with Crippen LogP contribution in [0.2, 0.25) is 0 Å². The number of rotatable bonds is 13. The van der Waals surface area contributed by atoms with E-state index >= 15 is 0 Å². The molecule has 2 aromatic carbocycles. The standard InChI is InChI=1S/C22H29NO3S2/c1-27-12-6-10-25-20-14-19(15-21(16-20)26-11-7-13-28-2)22(24)23-17-18-8-4-3-5-9-18/h3-5,8-9,14-16H,6-7,10-13,17H2,1-2H3,(H,23,24). The van der Waals surface area contributed by atoms with Crippen molar-refractivity contribution in [2.75, 3.05) is 37.2 Å². The van der Waals surface area contributed by atoms with Crippen molar-refractivity contribution in [1.29, 1.82) is 0 Å². The van der Waals surface area contributed by atoms with Crippen molar-refractivity contribution in [1.82, 2.24) is 5.32 Å². The van der Waals surface area contributed by atoms with Crippen molar-refractivity contribution >= 4 is 29.4 Å². The summed E-state index contributed by atoms with van der Waals surface area (Å²) in [4.78, 5) is 12.6. The molecule has 2 rings (SSSR count). The highest BCUT2D eigenvalue weighted by atomic mass is 32.2. The Bertz CT molecular complexity index is 680. The average molecular weight is 420 g/mol. The Morgan fingerprint density at radius 2 is 1.46 bits per heavy atom. The van der Waals surface area contributed by atoms with Crippen molar-refractivity contribution in [3.63, 3.8) is 0 Å². The van der Waals surface area contributed by atoms with Crippen LogP contribution in [-0.4, -0.2) is 43.1 Å². The van der Waals surface area contributed by atoms with Crippen LogP contribution >= 0.6 is 23.5 Å². The normalized spacial score (nSPS) is 10.5. The minimum Gasteiger partial charge on any atom is -0.493 e. The molecule has 0 aliphatic rings. The first-order valence-electron chi connectivity index (χ1n) is 9.43. The van der Waals surface area contributed by atoms with Crippen LogP contribution in [0.15, 0.2) is 48.5 Å². The summed E-state index contributed by atoms with van der Waals surface area (Å²) in [7, 11) is 0. The zero-order valence-electron chi connectivity index (χ0n) is 16.6. The number of hydrogen-bond acceptors (Lipinski definition) is 5. The number of ether oxygens (including phenoxy) is 2. The van der Waals surface area contributed by atoms with E-state index in [1.54, 1.807) is 35.7 Å². The predicted octanol–water partition coefficient (Wildman–Crippen LogP) is 4.88. The summed E-state index contributed by atoms with van der Waals surface area (Å²) < 4.78 is 11.7. The fourth-order valence-electron chi connectivity index (χ4n) is 2.54. The monoisotopic (exact) mass is 419 g/mol. The van der Waals surface area contributed by atoms with E-state index in [1.807, 2.05) is 36.4 Å². The molecule has 1 amide bonds. The maximum atomic E-state index is 12.6. The summed E-state index contributed by atoms with van der Waals surface area (Å²) in [5.41, 5.74) is 1.62. The molecule has 6 heteroatoms. The highest BCUT2D eigenvalue weighted by molar-refractivity contribution is 7.98. The molecule has 1 N–H and O–H groups in total. The van der Waals surface area contributed by atoms with Gasteiger partial charge in [0.1, 0.15) is 11.5 Å². The van der Waals surface area contributed by atoms with Crippen LogP contribution in [0.1, 0.15) is 28.8 Å². The van der Waals surface area contributed by atoms with Gasteiger partial charge < -0.3 is 14.8 Å². The van der Waals surface area contributed by atoms with Crippen LogP contribution in [0.25, 0.3) is 0 Å². The zero-order valence-corrected chi connectivity index (χ0v) is 18.2. The molecule has 0 atom stereocenters. The second-order valence-corrected chi connectivity index (χ2v) is 8.22. The Kier molecular flexibility index (Phi) is 10.8. The Hall–Kier alpha value is -1.79. The van der Waals surface area contributed by atoms with Gasteiger partial charge in [-0.15, -0.1) is 0 Å². The topological polar surface area (TPSA) is 47.6 Å². The van der Waals surface area contributed by atoms with E-state index in [0.29, 0.717) is 36.8 Å². The molecule has 0 bridgehead atoms. The maximum Gasteiger partial charge on any atom is 0.251 e. The number of carbonyl (C=O) groups is 1. The highest BCUT2D eigenvalue weighted by Gasteiger charge is 2.11. The van der Waals surface area contributed by atoms with Crippen LogP contribution in [0.4, 0.5) is 0 Å². The summed E-state index contributed by atoms with van der Waals surface area (Å²) in [5.74, 6) is 3.32. The van der Waals surface area contributed by atoms with Crippen molar-refractivity contribution in [2.24, 2.45) is 0 Å². The van der Waals surface area contributed by atoms with Crippen LogP contribution < -0.4 is 14.8 Å². The lowest BCUT2D eigenvalue weighted by Gasteiger charge is -2.13. The van der Waals surface area contributed by atoms with E-state index in [0.717, 1.165) is 29.9 Å². The van der Waals surface area contributed by atoms with E-state index in [-0.39, 0.29) is 5.91 Å². The third-order valence-electron chi connectivity index (χ3n) is 3.96. The first-order valence-corrected chi connectivity index (χ1v) is 12.2. The van der Waals surface area contributed by atoms with Crippen molar-refractivity contribution < 1.29 is 14.3 Å². The molecule has 4 nitrogen and oxygen atoms in total. The largest absolute Gasteiger partial charge is 0.493 e. The van der Waals surface area contributed by atoms with Gasteiger partial charge in [-0.1, -0.05) is 30.3 Å². The Labute approximate surface area is 176 Å². The molecule has 0 saturated carbocycles. The fraction of sp³-hybridized carbons (Fsp3) is 0.409. The second-order valence-electron chi connectivity index (χ2n) is 6.25. The van der Waals surface area contributed by atoms with Gasteiger partial charge in [-0.2, -0.15) is 23.5 Å². The van der Waals surface area contributed by atoms with E-state index in [2.05, 4.69) is 17.8 Å². The van der Waals surface area contributed by atoms with Crippen LogP contribution in [0.3, 0.4) is 0 Å². The molecule has 28 heavy (non-hydrogen) atoms. The first kappa shape index (κ1) is 22.5. The smallest absolute Gasteiger partial charge is 0.251 e. The minimum atomic E-state index is -0.132. The van der Waals surface area contributed by atoms with Gasteiger partial charge in [0.15, 0.2) is 0 Å². The van der Waals surface area contributed by atoms with Gasteiger partial charge in [0, 0.05) is 18.2 Å². The Morgan fingerprint density at radius 3 is 2.00 bits per heavy atom. The number of carbonyl (C=O) groups excluding carboxylic acids is 1. The van der Waals surface area contributed by atoms with Gasteiger partial charge in [0.05, 0.1) is 13.2 Å². The average Bonchev–Trinajstić information content (AvgIpc) is 2.73. The summed E-state index contributed by atoms with van der Waals surface area (Å²) in [5, 5.41) is 2.97. The molecular weight excluding hydrogens is 390 g/mol. The van der Waals surface area contributed by atoms with Crippen LogP contribution in [-0.2, 0) is 6.54 Å². The van der Waals surface area contributed by atoms with Gasteiger partial charge in [-0.3, -0.25) is 4.79 Å². The number of hydrogen-bond donors (Lipinski definition) is 1. The number of thioether (sulfide) groups is 2. The molecule has 0 aromatic heterocycles. The van der Waals surface area contributed by atoms with Gasteiger partial charge >= 0.3 is 0 Å². The lowest BCUT2D eigenvalue weighted by Crippen LogP contribution is -2.22. The maximum absolute atomic E-state index is 12.6. The lowest BCUT2D eigenvalue weighted by atomic mass is 10.1. The summed E-state index contributed by atoms with van der Waals surface area (Å²) in [6.07, 6.45) is 6.10. The lowest BCUT2D eigenvalue weighted by molar-refractivity contribution is 0.0950. The molecule has 0 fully saturated rings. The van der Waals surface area contributed by atoms with Gasteiger partial charge in [-0.05, 0) is 54.6 Å². The molecule has 0 saturated heterocycles. The molecule has 0 heterocycles. The number of amides is 1. The number of nitrogens with one attached hydrogen (secondary N) is 1. The zero-order chi connectivity index (χ0) is 20.0. The van der Waals surface area contributed by atoms with Crippen molar-refractivity contribution in [3.8, 4) is 11.5 Å². The summed E-state index contributed by atoms with van der Waals surface area (Å²) >= 11 is 3.59. The van der Waals surface area contributed by atoms with Crippen molar-refractivity contribution in [2.45, 2.75) is 19.4 Å². The summed E-state index contributed by atoms with van der Waals surface area (Å²) in [6.45, 7) is 1.74. The SMILES string of the molecule is CSCCCOc1cc(OCCCSC)cc(C(=O)NCc2ccccc2)c1. The van der Waals surface area contributed by atoms with E-state index in [1.165, 1.54) is 0 Å². The van der Waals surface area contributed by atoms with Crippen molar-refractivity contribution in [3.05, 3.63) is 59.7 Å². The molecular formula is C22H29NO3S2. The van der Waals surface area contributed by atoms with E-state index in [9.17, 15) is 4.79 Å². The van der Waals surface area contributed by atoms with Gasteiger partial charge in [-0.25, -0.2) is 0 Å². The molecule has 152 valence electrons. The third-order valence-corrected chi connectivity index (χ3v) is 5.36. The molecule has 0 aliphatic heterocycles. The van der Waals surface area contributed by atoms with Crippen LogP contribution in [0.5, 0.6) is 11.5 Å². The van der Waals surface area contributed by atoms with Gasteiger partial charge in [0.25, 0.3) is 5.91 Å². The Morgan fingerprint density at radius 1 is 0.893 bits per heavy atom. The predicted molar refractivity (Wildman–Crippen MR) is 121 cm³/mol. The van der Waals surface area contributed by atoms with E-state index in [4.69, 9.17) is 9.47 Å². The fourth-order valence-corrected chi connectivity index (χ4v) is 3.35. The highest BCUT2D eigenvalue weighted by Crippen LogP contribution is 2.24. The molecule has 0 spiro atoms. The van der Waals surface area contributed by atoms with E-state index < -0.39 is 0 Å². The minimum absolute atomic E-state index is 0.132. The molecule has 0 unspecified atom stereocenters. The quantitative estimate of drug-likeness (QED) is 0.469. The number of benzene rings is 2. The summed E-state index contributed by atoms with van der Waals surface area (Å²) in [6, 6.07) is 15.3. The third kappa shape index (κ3) is 8.48. The van der Waals surface area contributed by atoms with Gasteiger partial charge in [0.2, 0.25) is 0 Å². The molecule has 0 radical (unpaired) electrons. The molecule has 0 aliphatic carbocycles. The second kappa shape index (κ2) is 13.4. The Balaban J connectivity index is 2.02.